The second-order valence-corrected chi connectivity index (χ2v) is 3.91. The third-order valence-corrected chi connectivity index (χ3v) is 2.49. The Hall–Kier alpha value is -1.17. The minimum Gasteiger partial charge on any atom is -0.385 e. The summed E-state index contributed by atoms with van der Waals surface area (Å²) in [5.41, 5.74) is 5.82. The maximum absolute atomic E-state index is 12.9. The van der Waals surface area contributed by atoms with Gasteiger partial charge in [-0.2, -0.15) is 0 Å². The van der Waals surface area contributed by atoms with Crippen molar-refractivity contribution in [3.8, 4) is 0 Å². The Bertz CT molecular complexity index is 401. The number of amides is 1. The Labute approximate surface area is 104 Å². The molecule has 6 heteroatoms. The van der Waals surface area contributed by atoms with Crippen LogP contribution in [0, 0.1) is 5.82 Å². The zero-order valence-corrected chi connectivity index (χ0v) is 10.1. The van der Waals surface area contributed by atoms with Gasteiger partial charge in [-0.05, 0) is 24.6 Å². The minimum atomic E-state index is -0.714. The van der Waals surface area contributed by atoms with Crippen LogP contribution in [0.15, 0.2) is 18.2 Å². The van der Waals surface area contributed by atoms with Gasteiger partial charge in [-0.3, -0.25) is 4.79 Å². The van der Waals surface area contributed by atoms with Gasteiger partial charge in [0.25, 0.3) is 0 Å². The molecule has 3 N–H and O–H groups in total. The number of methoxy groups -OCH3 is 1. The fraction of sp³-hybridized carbons (Fsp3) is 0.364. The van der Waals surface area contributed by atoms with E-state index in [0.29, 0.717) is 13.0 Å². The summed E-state index contributed by atoms with van der Waals surface area (Å²) in [6, 6.07) is 3.01. The van der Waals surface area contributed by atoms with Crippen molar-refractivity contribution < 1.29 is 13.9 Å². The number of anilines is 1. The number of rotatable bonds is 5. The molecule has 1 aromatic rings. The molecule has 0 heterocycles. The summed E-state index contributed by atoms with van der Waals surface area (Å²) < 4.78 is 17.7. The molecule has 0 radical (unpaired) electrons. The van der Waals surface area contributed by atoms with E-state index in [1.54, 1.807) is 0 Å². The van der Waals surface area contributed by atoms with Crippen molar-refractivity contribution in [1.29, 1.82) is 0 Å². The van der Waals surface area contributed by atoms with Crippen LogP contribution < -0.4 is 11.1 Å². The number of hydrogen-bond acceptors (Lipinski definition) is 3. The maximum atomic E-state index is 12.9. The fourth-order valence-corrected chi connectivity index (χ4v) is 1.36. The molecule has 0 aliphatic carbocycles. The van der Waals surface area contributed by atoms with E-state index in [-0.39, 0.29) is 10.7 Å². The topological polar surface area (TPSA) is 64.3 Å². The third-order valence-electron chi connectivity index (χ3n) is 2.16. The highest BCUT2D eigenvalue weighted by Gasteiger charge is 2.14. The zero-order chi connectivity index (χ0) is 12.8. The van der Waals surface area contributed by atoms with Crippen LogP contribution in [0.4, 0.5) is 10.1 Å². The van der Waals surface area contributed by atoms with Crippen LogP contribution >= 0.6 is 11.6 Å². The second kappa shape index (κ2) is 6.54. The summed E-state index contributed by atoms with van der Waals surface area (Å²) in [4.78, 5) is 11.6. The van der Waals surface area contributed by atoms with Crippen molar-refractivity contribution in [2.75, 3.05) is 19.0 Å². The lowest BCUT2D eigenvalue weighted by molar-refractivity contribution is -0.117. The first kappa shape index (κ1) is 13.9. The lowest BCUT2D eigenvalue weighted by atomic mass is 10.2. The number of nitrogens with two attached hydrogens (primary N) is 1. The van der Waals surface area contributed by atoms with E-state index in [1.165, 1.54) is 19.2 Å². The molecule has 1 unspecified atom stereocenters. The number of hydrogen-bond donors (Lipinski definition) is 2. The number of benzene rings is 1. The molecule has 0 saturated heterocycles. The van der Waals surface area contributed by atoms with E-state index in [0.717, 1.165) is 6.07 Å². The highest BCUT2D eigenvalue weighted by molar-refractivity contribution is 6.33. The normalized spacial score (nSPS) is 12.2. The molecule has 0 saturated carbocycles. The Kier molecular flexibility index (Phi) is 5.34. The minimum absolute atomic E-state index is 0.213. The highest BCUT2D eigenvalue weighted by atomic mass is 35.5. The molecule has 94 valence electrons. The standard InChI is InChI=1S/C11H14ClFN2O2/c1-17-5-4-9(14)11(16)15-10-6-7(13)2-3-8(10)12/h2-3,6,9H,4-5,14H2,1H3,(H,15,16). The second-order valence-electron chi connectivity index (χ2n) is 3.50. The van der Waals surface area contributed by atoms with Crippen LogP contribution in [0.5, 0.6) is 0 Å². The molecule has 1 atom stereocenters. The van der Waals surface area contributed by atoms with Crippen LogP contribution in [0.2, 0.25) is 5.02 Å². The number of halogens is 2. The van der Waals surface area contributed by atoms with Crippen molar-refractivity contribution >= 4 is 23.2 Å². The van der Waals surface area contributed by atoms with Gasteiger partial charge in [0.1, 0.15) is 5.82 Å². The van der Waals surface area contributed by atoms with E-state index < -0.39 is 17.8 Å². The fourth-order valence-electron chi connectivity index (χ4n) is 1.19. The first-order chi connectivity index (χ1) is 8.04. The van der Waals surface area contributed by atoms with E-state index in [9.17, 15) is 9.18 Å². The molecule has 0 aromatic heterocycles. The summed E-state index contributed by atoms with van der Waals surface area (Å²) in [5, 5.41) is 2.73. The molecule has 0 spiro atoms. The molecule has 1 rings (SSSR count). The van der Waals surface area contributed by atoms with Crippen molar-refractivity contribution in [2.24, 2.45) is 5.73 Å². The van der Waals surface area contributed by atoms with Gasteiger partial charge in [0.05, 0.1) is 16.8 Å². The largest absolute Gasteiger partial charge is 0.385 e. The van der Waals surface area contributed by atoms with Gasteiger partial charge < -0.3 is 15.8 Å². The van der Waals surface area contributed by atoms with E-state index in [1.807, 2.05) is 0 Å². The van der Waals surface area contributed by atoms with Crippen LogP contribution in [-0.2, 0) is 9.53 Å². The smallest absolute Gasteiger partial charge is 0.241 e. The number of nitrogens with one attached hydrogen (secondary N) is 1. The van der Waals surface area contributed by atoms with Crippen molar-refractivity contribution in [3.63, 3.8) is 0 Å². The number of carbonyl (C=O) groups is 1. The molecule has 0 aliphatic rings. The van der Waals surface area contributed by atoms with Crippen LogP contribution in [0.25, 0.3) is 0 Å². The summed E-state index contributed by atoms with van der Waals surface area (Å²) in [5.74, 6) is -0.898. The molecule has 0 aliphatic heterocycles. The van der Waals surface area contributed by atoms with E-state index in [4.69, 9.17) is 22.1 Å². The SMILES string of the molecule is COCCC(N)C(=O)Nc1cc(F)ccc1Cl. The van der Waals surface area contributed by atoms with E-state index >= 15 is 0 Å². The number of ether oxygens (including phenoxy) is 1. The summed E-state index contributed by atoms with van der Waals surface area (Å²) >= 11 is 5.80. The van der Waals surface area contributed by atoms with Crippen LogP contribution in [0.1, 0.15) is 6.42 Å². The van der Waals surface area contributed by atoms with Crippen molar-refractivity contribution in [1.82, 2.24) is 0 Å². The van der Waals surface area contributed by atoms with Gasteiger partial charge in [-0.25, -0.2) is 4.39 Å². The van der Waals surface area contributed by atoms with Gasteiger partial charge in [0.2, 0.25) is 5.91 Å². The van der Waals surface area contributed by atoms with Crippen molar-refractivity contribution in [2.45, 2.75) is 12.5 Å². The molecule has 1 amide bonds. The Morgan fingerprint density at radius 1 is 1.65 bits per heavy atom. The summed E-state index contributed by atoms with van der Waals surface area (Å²) in [7, 11) is 1.52. The Balaban J connectivity index is 2.64. The van der Waals surface area contributed by atoms with Gasteiger partial charge in [0, 0.05) is 13.7 Å². The average Bonchev–Trinajstić information content (AvgIpc) is 2.30. The average molecular weight is 261 g/mol. The molecule has 17 heavy (non-hydrogen) atoms. The van der Waals surface area contributed by atoms with Gasteiger partial charge in [0.15, 0.2) is 0 Å². The van der Waals surface area contributed by atoms with Crippen LogP contribution in [-0.4, -0.2) is 25.7 Å². The van der Waals surface area contributed by atoms with E-state index in [2.05, 4.69) is 5.32 Å². The molecule has 0 bridgehead atoms. The lowest BCUT2D eigenvalue weighted by Gasteiger charge is -2.12. The third kappa shape index (κ3) is 4.30. The highest BCUT2D eigenvalue weighted by Crippen LogP contribution is 2.22. The molecule has 1 aromatic carbocycles. The van der Waals surface area contributed by atoms with Gasteiger partial charge in [-0.1, -0.05) is 11.6 Å². The number of carbonyl (C=O) groups excluding carboxylic acids is 1. The Morgan fingerprint density at radius 3 is 3.00 bits per heavy atom. The predicted molar refractivity (Wildman–Crippen MR) is 64.5 cm³/mol. The first-order valence-corrected chi connectivity index (χ1v) is 5.43. The molecular weight excluding hydrogens is 247 g/mol. The molecular formula is C11H14ClFN2O2. The Morgan fingerprint density at radius 2 is 2.35 bits per heavy atom. The first-order valence-electron chi connectivity index (χ1n) is 5.05. The zero-order valence-electron chi connectivity index (χ0n) is 9.37. The van der Waals surface area contributed by atoms with Gasteiger partial charge >= 0.3 is 0 Å². The van der Waals surface area contributed by atoms with Crippen molar-refractivity contribution in [3.05, 3.63) is 29.0 Å². The summed E-state index contributed by atoms with van der Waals surface area (Å²) in [6.45, 7) is 0.380. The summed E-state index contributed by atoms with van der Waals surface area (Å²) in [6.07, 6.45) is 0.384. The molecule has 4 nitrogen and oxygen atoms in total. The monoisotopic (exact) mass is 260 g/mol. The predicted octanol–water partition coefficient (Wildman–Crippen LogP) is 1.78. The van der Waals surface area contributed by atoms with Crippen LogP contribution in [0.3, 0.4) is 0 Å². The maximum Gasteiger partial charge on any atom is 0.241 e. The molecule has 0 fully saturated rings. The lowest BCUT2D eigenvalue weighted by Crippen LogP contribution is -2.36. The van der Waals surface area contributed by atoms with Gasteiger partial charge in [-0.15, -0.1) is 0 Å². The quantitative estimate of drug-likeness (QED) is 0.848.